The van der Waals surface area contributed by atoms with Gasteiger partial charge in [-0.3, -0.25) is 19.2 Å². The summed E-state index contributed by atoms with van der Waals surface area (Å²) in [5.74, 6) is -8.43. The summed E-state index contributed by atoms with van der Waals surface area (Å²) in [5, 5.41) is 5.16. The van der Waals surface area contributed by atoms with E-state index in [1.807, 2.05) is 0 Å². The largest absolute Gasteiger partial charge is 0.356 e. The summed E-state index contributed by atoms with van der Waals surface area (Å²) in [4.78, 5) is 51.5. The number of nitrogens with zero attached hydrogens (tertiary/aromatic N) is 1. The summed E-state index contributed by atoms with van der Waals surface area (Å²) in [5.41, 5.74) is -0.580. The molecule has 2 saturated heterocycles. The van der Waals surface area contributed by atoms with Crippen LogP contribution in [0.4, 0.5) is 13.2 Å². The van der Waals surface area contributed by atoms with Crippen LogP contribution >= 0.6 is 11.6 Å². The maximum atomic E-state index is 15.2. The Balaban J connectivity index is 1.57. The Morgan fingerprint density at radius 2 is 2.00 bits per heavy atom. The molecule has 190 valence electrons. The van der Waals surface area contributed by atoms with Crippen LogP contribution in [-0.4, -0.2) is 60.3 Å². The lowest BCUT2D eigenvalue weighted by Gasteiger charge is -2.31. The first-order valence-corrected chi connectivity index (χ1v) is 12.1. The van der Waals surface area contributed by atoms with Crippen LogP contribution in [0.5, 0.6) is 0 Å². The minimum atomic E-state index is -3.92. The van der Waals surface area contributed by atoms with Gasteiger partial charge in [0.1, 0.15) is 12.7 Å². The van der Waals surface area contributed by atoms with Gasteiger partial charge in [-0.1, -0.05) is 30.2 Å². The molecule has 11 heteroatoms. The summed E-state index contributed by atoms with van der Waals surface area (Å²) in [6.07, 6.45) is 2.40. The second kappa shape index (κ2) is 10.2. The second-order valence-electron chi connectivity index (χ2n) is 9.52. The predicted molar refractivity (Wildman–Crippen MR) is 120 cm³/mol. The van der Waals surface area contributed by atoms with E-state index >= 15 is 8.78 Å². The molecular weight excluding hydrogens is 487 g/mol. The van der Waals surface area contributed by atoms with Gasteiger partial charge in [0.25, 0.3) is 5.91 Å². The van der Waals surface area contributed by atoms with Crippen molar-refractivity contribution in [3.63, 3.8) is 0 Å². The van der Waals surface area contributed by atoms with Gasteiger partial charge in [0.2, 0.25) is 11.8 Å². The van der Waals surface area contributed by atoms with Crippen LogP contribution in [0.1, 0.15) is 37.7 Å². The van der Waals surface area contributed by atoms with Crippen molar-refractivity contribution in [3.8, 4) is 0 Å². The molecule has 2 heterocycles. The number of alkyl halides is 3. The number of nitrogens with one attached hydrogen (secondary N) is 2. The van der Waals surface area contributed by atoms with Crippen LogP contribution < -0.4 is 10.6 Å². The molecule has 0 aromatic heterocycles. The van der Waals surface area contributed by atoms with Crippen molar-refractivity contribution in [3.05, 3.63) is 34.9 Å². The molecule has 3 aliphatic rings. The van der Waals surface area contributed by atoms with Gasteiger partial charge in [-0.05, 0) is 49.7 Å². The Hall–Kier alpha value is -2.62. The number of hydrogen-bond acceptors (Lipinski definition) is 4. The van der Waals surface area contributed by atoms with Crippen LogP contribution in [-0.2, 0) is 25.1 Å². The fraction of sp³-hybridized carbons (Fsp3) is 0.583. The van der Waals surface area contributed by atoms with Crippen LogP contribution in [0.25, 0.3) is 0 Å². The average molecular weight is 514 g/mol. The number of amides is 3. The fourth-order valence-electron chi connectivity index (χ4n) is 5.61. The van der Waals surface area contributed by atoms with Gasteiger partial charge >= 0.3 is 5.92 Å². The Kier molecular flexibility index (Phi) is 7.40. The molecule has 3 amide bonds. The maximum Gasteiger partial charge on any atom is 0.350 e. The minimum Gasteiger partial charge on any atom is -0.356 e. The molecule has 7 nitrogen and oxygen atoms in total. The number of ketones is 1. The van der Waals surface area contributed by atoms with Crippen molar-refractivity contribution in [2.24, 2.45) is 17.8 Å². The van der Waals surface area contributed by atoms with E-state index < -0.39 is 53.8 Å². The van der Waals surface area contributed by atoms with Gasteiger partial charge in [0, 0.05) is 29.6 Å². The third-order valence-electron chi connectivity index (χ3n) is 7.40. The Morgan fingerprint density at radius 3 is 2.66 bits per heavy atom. The highest BCUT2D eigenvalue weighted by atomic mass is 35.5. The standard InChI is InChI=1S/C24H27ClF3N3O4/c25-16-5-2-4-15(10-16)24(27,28)23(35)31-12-14-3-1-6-17(14)20(31)22(34)30-18(19(32)11-26)9-13-7-8-29-21(13)33/h2,4-5,10,13-14,17-18,20H,1,3,6-9,11-12H2,(H,29,33)(H,30,34)/t13-,14+,17+,18+,20+/m0/s1. The van der Waals surface area contributed by atoms with Gasteiger partial charge < -0.3 is 15.5 Å². The first-order chi connectivity index (χ1) is 16.6. The summed E-state index contributed by atoms with van der Waals surface area (Å²) in [7, 11) is 0. The summed E-state index contributed by atoms with van der Waals surface area (Å²) < 4.78 is 43.7. The lowest BCUT2D eigenvalue weighted by molar-refractivity contribution is -0.162. The number of hydrogen-bond donors (Lipinski definition) is 2. The van der Waals surface area contributed by atoms with Crippen molar-refractivity contribution in [1.82, 2.24) is 15.5 Å². The van der Waals surface area contributed by atoms with Crippen molar-refractivity contribution in [1.29, 1.82) is 0 Å². The minimum absolute atomic E-state index is 0.00943. The SMILES string of the molecule is O=C1NCC[C@H]1C[C@@H](NC(=O)[C@H]1[C@@H]2CCC[C@@H]2CN1C(=O)C(F)(F)c1cccc(Cl)c1)C(=O)CF. The lowest BCUT2D eigenvalue weighted by Crippen LogP contribution is -2.55. The quantitative estimate of drug-likeness (QED) is 0.558. The maximum absolute atomic E-state index is 15.2. The third kappa shape index (κ3) is 5.03. The zero-order valence-corrected chi connectivity index (χ0v) is 19.7. The molecule has 1 aromatic carbocycles. The zero-order valence-electron chi connectivity index (χ0n) is 18.9. The van der Waals surface area contributed by atoms with Gasteiger partial charge in [-0.2, -0.15) is 8.78 Å². The number of carbonyl (C=O) groups is 4. The Bertz CT molecular complexity index is 1020. The number of fused-ring (bicyclic) bond motifs is 1. The molecule has 0 spiro atoms. The molecule has 5 atom stereocenters. The van der Waals surface area contributed by atoms with Crippen LogP contribution in [0.3, 0.4) is 0 Å². The van der Waals surface area contributed by atoms with Crippen molar-refractivity contribution >= 4 is 35.1 Å². The lowest BCUT2D eigenvalue weighted by atomic mass is 9.92. The van der Waals surface area contributed by atoms with E-state index in [1.54, 1.807) is 0 Å². The number of likely N-dealkylation sites (tertiary alicyclic amines) is 1. The molecule has 35 heavy (non-hydrogen) atoms. The molecule has 2 aliphatic heterocycles. The first kappa shape index (κ1) is 25.5. The highest BCUT2D eigenvalue weighted by Gasteiger charge is 2.55. The van der Waals surface area contributed by atoms with Crippen molar-refractivity contribution < 1.29 is 32.3 Å². The zero-order chi connectivity index (χ0) is 25.3. The first-order valence-electron chi connectivity index (χ1n) is 11.7. The van der Waals surface area contributed by atoms with Gasteiger partial charge in [0.05, 0.1) is 6.04 Å². The van der Waals surface area contributed by atoms with Crippen molar-refractivity contribution in [2.75, 3.05) is 19.8 Å². The number of halogens is 4. The molecule has 2 N–H and O–H groups in total. The second-order valence-corrected chi connectivity index (χ2v) is 9.95. The predicted octanol–water partition coefficient (Wildman–Crippen LogP) is 2.61. The number of Topliss-reactive ketones (excluding diaryl/α,β-unsaturated/α-hetero) is 1. The normalized spacial score (nSPS) is 26.9. The van der Waals surface area contributed by atoms with E-state index in [2.05, 4.69) is 10.6 Å². The third-order valence-corrected chi connectivity index (χ3v) is 7.63. The van der Waals surface area contributed by atoms with Gasteiger partial charge in [-0.15, -0.1) is 0 Å². The Morgan fingerprint density at radius 1 is 1.23 bits per heavy atom. The summed E-state index contributed by atoms with van der Waals surface area (Å²) in [6, 6.07) is 2.33. The highest BCUT2D eigenvalue weighted by Crippen LogP contribution is 2.44. The average Bonchev–Trinajstić information content (AvgIpc) is 3.53. The van der Waals surface area contributed by atoms with Crippen molar-refractivity contribution in [2.45, 2.75) is 50.1 Å². The molecule has 3 fully saturated rings. The van der Waals surface area contributed by atoms with E-state index in [0.29, 0.717) is 25.8 Å². The number of benzene rings is 1. The molecule has 4 rings (SSSR count). The number of rotatable bonds is 8. The smallest absolute Gasteiger partial charge is 0.350 e. The van der Waals surface area contributed by atoms with E-state index in [4.69, 9.17) is 11.6 Å². The van der Waals surface area contributed by atoms with Gasteiger partial charge in [-0.25, -0.2) is 4.39 Å². The molecule has 0 bridgehead atoms. The molecule has 0 radical (unpaired) electrons. The molecular formula is C24H27ClF3N3O4. The molecule has 1 aromatic rings. The Labute approximate surface area is 205 Å². The fourth-order valence-corrected chi connectivity index (χ4v) is 5.80. The highest BCUT2D eigenvalue weighted by molar-refractivity contribution is 6.30. The molecule has 1 saturated carbocycles. The monoisotopic (exact) mass is 513 g/mol. The van der Waals surface area contributed by atoms with E-state index in [1.165, 1.54) is 12.1 Å². The summed E-state index contributed by atoms with van der Waals surface area (Å²) in [6.45, 7) is -0.933. The van der Waals surface area contributed by atoms with Crippen LogP contribution in [0.2, 0.25) is 5.02 Å². The van der Waals surface area contributed by atoms with E-state index in [9.17, 15) is 23.6 Å². The van der Waals surface area contributed by atoms with E-state index in [-0.39, 0.29) is 35.7 Å². The molecule has 0 unspecified atom stereocenters. The van der Waals surface area contributed by atoms with Gasteiger partial charge in [0.15, 0.2) is 5.78 Å². The summed E-state index contributed by atoms with van der Waals surface area (Å²) >= 11 is 5.84. The van der Waals surface area contributed by atoms with Crippen LogP contribution in [0, 0.1) is 17.8 Å². The number of carbonyl (C=O) groups excluding carboxylic acids is 4. The topological polar surface area (TPSA) is 95.6 Å². The molecule has 1 aliphatic carbocycles. The van der Waals surface area contributed by atoms with E-state index in [0.717, 1.165) is 23.5 Å². The van der Waals surface area contributed by atoms with Crippen LogP contribution in [0.15, 0.2) is 24.3 Å².